The molecule has 1 unspecified atom stereocenters. The first-order valence-electron chi connectivity index (χ1n) is 7.59. The largest absolute Gasteiger partial charge is 0.466 e. The van der Waals surface area contributed by atoms with Gasteiger partial charge in [-0.25, -0.2) is 0 Å². The summed E-state index contributed by atoms with van der Waals surface area (Å²) in [7, 11) is 0. The van der Waals surface area contributed by atoms with E-state index in [0.717, 1.165) is 6.42 Å². The maximum absolute atomic E-state index is 12.3. The van der Waals surface area contributed by atoms with E-state index < -0.39 is 11.8 Å². The van der Waals surface area contributed by atoms with E-state index in [1.54, 1.807) is 11.8 Å². The average molecular weight is 297 g/mol. The second kappa shape index (κ2) is 7.40. The Bertz CT molecular complexity index is 407. The predicted molar refractivity (Wildman–Crippen MR) is 75.4 cm³/mol. The number of piperazine rings is 1. The van der Waals surface area contributed by atoms with Gasteiger partial charge in [0.15, 0.2) is 0 Å². The molecule has 0 bridgehead atoms. The molecule has 21 heavy (non-hydrogen) atoms. The van der Waals surface area contributed by atoms with Crippen LogP contribution in [0.25, 0.3) is 0 Å². The van der Waals surface area contributed by atoms with Crippen molar-refractivity contribution in [3.05, 3.63) is 0 Å². The number of amides is 2. The number of ether oxygens (including phenoxy) is 1. The smallest absolute Gasteiger partial charge is 0.312 e. The fourth-order valence-electron chi connectivity index (χ4n) is 2.75. The normalized spacial score (nSPS) is 22.8. The lowest BCUT2D eigenvalue weighted by atomic mass is 9.98. The maximum atomic E-state index is 12.3. The van der Waals surface area contributed by atoms with Crippen molar-refractivity contribution in [1.29, 1.82) is 0 Å². The van der Waals surface area contributed by atoms with Crippen LogP contribution in [0.3, 0.4) is 0 Å². The summed E-state index contributed by atoms with van der Waals surface area (Å²) in [6.07, 6.45) is 1.44. The van der Waals surface area contributed by atoms with Gasteiger partial charge in [-0.2, -0.15) is 0 Å². The number of rotatable bonds is 2. The van der Waals surface area contributed by atoms with Gasteiger partial charge in [0.1, 0.15) is 0 Å². The summed E-state index contributed by atoms with van der Waals surface area (Å²) in [5.74, 6) is -1.53. The van der Waals surface area contributed by atoms with Gasteiger partial charge in [-0.3, -0.25) is 14.4 Å². The second-order valence-electron chi connectivity index (χ2n) is 5.38. The molecule has 0 aromatic rings. The number of carbonyl (C=O) groups excluding carboxylic acids is 3. The van der Waals surface area contributed by atoms with Gasteiger partial charge >= 0.3 is 17.8 Å². The number of nitrogens with zero attached hydrogens (tertiary/aromatic N) is 2. The van der Waals surface area contributed by atoms with Crippen LogP contribution >= 0.6 is 0 Å². The Balaban J connectivity index is 1.92. The second-order valence-corrected chi connectivity index (χ2v) is 5.38. The van der Waals surface area contributed by atoms with E-state index >= 15 is 0 Å². The third kappa shape index (κ3) is 3.93. The molecule has 1 atom stereocenters. The van der Waals surface area contributed by atoms with E-state index in [2.05, 4.69) is 5.32 Å². The molecular weight excluding hydrogens is 274 g/mol. The maximum Gasteiger partial charge on any atom is 0.312 e. The Morgan fingerprint density at radius 3 is 2.43 bits per heavy atom. The summed E-state index contributed by atoms with van der Waals surface area (Å²) in [4.78, 5) is 39.3. The Hall–Kier alpha value is -1.63. The molecule has 2 fully saturated rings. The van der Waals surface area contributed by atoms with Crippen molar-refractivity contribution in [2.24, 2.45) is 5.92 Å². The number of likely N-dealkylation sites (tertiary alicyclic amines) is 1. The topological polar surface area (TPSA) is 79.0 Å². The molecule has 2 amide bonds. The number of piperidine rings is 1. The van der Waals surface area contributed by atoms with Gasteiger partial charge in [-0.15, -0.1) is 0 Å². The first kappa shape index (κ1) is 15.8. The summed E-state index contributed by atoms with van der Waals surface area (Å²) in [5, 5.41) is 3.14. The van der Waals surface area contributed by atoms with Crippen LogP contribution in [0, 0.1) is 5.92 Å². The number of carbonyl (C=O) groups is 3. The fourth-order valence-corrected chi connectivity index (χ4v) is 2.75. The molecule has 0 saturated carbocycles. The first-order chi connectivity index (χ1) is 10.1. The van der Waals surface area contributed by atoms with Gasteiger partial charge in [0, 0.05) is 39.3 Å². The molecule has 0 radical (unpaired) electrons. The minimum absolute atomic E-state index is 0.273. The van der Waals surface area contributed by atoms with Gasteiger partial charge in [0.05, 0.1) is 12.5 Å². The van der Waals surface area contributed by atoms with Gasteiger partial charge in [-0.05, 0) is 19.8 Å². The lowest BCUT2D eigenvalue weighted by Crippen LogP contribution is -2.54. The molecule has 2 aliphatic heterocycles. The minimum atomic E-state index is -0.495. The van der Waals surface area contributed by atoms with Gasteiger partial charge in [0.25, 0.3) is 0 Å². The molecule has 2 heterocycles. The fraction of sp³-hybridized carbons (Fsp3) is 0.786. The number of nitrogens with one attached hydrogen (secondary N) is 1. The van der Waals surface area contributed by atoms with Crippen LogP contribution in [0.4, 0.5) is 0 Å². The van der Waals surface area contributed by atoms with E-state index in [9.17, 15) is 14.4 Å². The zero-order valence-corrected chi connectivity index (χ0v) is 12.5. The van der Waals surface area contributed by atoms with E-state index in [-0.39, 0.29) is 18.4 Å². The molecular formula is C14H23N3O4. The lowest BCUT2D eigenvalue weighted by molar-refractivity contribution is -0.157. The summed E-state index contributed by atoms with van der Waals surface area (Å²) in [6.45, 7) is 5.46. The van der Waals surface area contributed by atoms with E-state index in [1.807, 2.05) is 0 Å². The summed E-state index contributed by atoms with van der Waals surface area (Å²) < 4.78 is 5.01. The third-order valence-electron chi connectivity index (χ3n) is 3.92. The van der Waals surface area contributed by atoms with Crippen LogP contribution < -0.4 is 5.32 Å². The third-order valence-corrected chi connectivity index (χ3v) is 3.92. The minimum Gasteiger partial charge on any atom is -0.466 e. The van der Waals surface area contributed by atoms with Gasteiger partial charge in [0.2, 0.25) is 0 Å². The van der Waals surface area contributed by atoms with Crippen LogP contribution in [0.5, 0.6) is 0 Å². The highest BCUT2D eigenvalue weighted by Gasteiger charge is 2.34. The molecule has 7 heteroatoms. The van der Waals surface area contributed by atoms with Crippen LogP contribution in [0.15, 0.2) is 0 Å². The van der Waals surface area contributed by atoms with E-state index in [1.165, 1.54) is 4.90 Å². The van der Waals surface area contributed by atoms with Crippen molar-refractivity contribution in [3.63, 3.8) is 0 Å². The molecule has 1 N–H and O–H groups in total. The molecule has 0 aliphatic carbocycles. The van der Waals surface area contributed by atoms with Crippen LogP contribution in [-0.4, -0.2) is 73.5 Å². The molecule has 0 spiro atoms. The number of hydrogen-bond acceptors (Lipinski definition) is 5. The van der Waals surface area contributed by atoms with E-state index in [0.29, 0.717) is 45.8 Å². The average Bonchev–Trinajstić information content (AvgIpc) is 2.54. The predicted octanol–water partition coefficient (Wildman–Crippen LogP) is -0.780. The Kier molecular flexibility index (Phi) is 5.55. The highest BCUT2D eigenvalue weighted by atomic mass is 16.5. The van der Waals surface area contributed by atoms with Crippen molar-refractivity contribution < 1.29 is 19.1 Å². The Morgan fingerprint density at radius 1 is 1.10 bits per heavy atom. The van der Waals surface area contributed by atoms with Crippen molar-refractivity contribution in [3.8, 4) is 0 Å². The molecule has 0 aromatic carbocycles. The SMILES string of the molecule is CCOC(=O)C1CCCN(C(=O)C(=O)N2CCNCC2)C1. The lowest BCUT2D eigenvalue weighted by Gasteiger charge is -2.33. The monoisotopic (exact) mass is 297 g/mol. The van der Waals surface area contributed by atoms with Crippen molar-refractivity contribution in [1.82, 2.24) is 15.1 Å². The molecule has 2 saturated heterocycles. The van der Waals surface area contributed by atoms with Crippen LogP contribution in [0.1, 0.15) is 19.8 Å². The van der Waals surface area contributed by atoms with Crippen molar-refractivity contribution >= 4 is 17.8 Å². The first-order valence-corrected chi connectivity index (χ1v) is 7.59. The van der Waals surface area contributed by atoms with Crippen molar-refractivity contribution in [2.75, 3.05) is 45.9 Å². The summed E-state index contributed by atoms with van der Waals surface area (Å²) in [5.41, 5.74) is 0. The zero-order valence-electron chi connectivity index (χ0n) is 12.5. The standard InChI is InChI=1S/C14H23N3O4/c1-2-21-14(20)11-4-3-7-17(10-11)13(19)12(18)16-8-5-15-6-9-16/h11,15H,2-10H2,1H3. The highest BCUT2D eigenvalue weighted by molar-refractivity contribution is 6.35. The van der Waals surface area contributed by atoms with Gasteiger partial charge in [-0.1, -0.05) is 0 Å². The summed E-state index contributed by atoms with van der Waals surface area (Å²) in [6, 6.07) is 0. The Morgan fingerprint density at radius 2 is 1.76 bits per heavy atom. The summed E-state index contributed by atoms with van der Waals surface area (Å²) >= 11 is 0. The molecule has 118 valence electrons. The highest BCUT2D eigenvalue weighted by Crippen LogP contribution is 2.18. The van der Waals surface area contributed by atoms with E-state index in [4.69, 9.17) is 4.74 Å². The van der Waals surface area contributed by atoms with Gasteiger partial charge < -0.3 is 19.9 Å². The Labute approximate surface area is 124 Å². The molecule has 0 aromatic heterocycles. The zero-order chi connectivity index (χ0) is 15.2. The number of esters is 1. The molecule has 2 rings (SSSR count). The van der Waals surface area contributed by atoms with Crippen LogP contribution in [-0.2, 0) is 19.1 Å². The quantitative estimate of drug-likeness (QED) is 0.534. The molecule has 2 aliphatic rings. The van der Waals surface area contributed by atoms with Crippen molar-refractivity contribution in [2.45, 2.75) is 19.8 Å². The van der Waals surface area contributed by atoms with Crippen LogP contribution in [0.2, 0.25) is 0 Å². The number of hydrogen-bond donors (Lipinski definition) is 1. The molecule has 7 nitrogen and oxygen atoms in total.